The smallest absolute Gasteiger partial charge is 0.263 e. The second kappa shape index (κ2) is 9.32. The third-order valence-corrected chi connectivity index (χ3v) is 1.69. The Morgan fingerprint density at radius 1 is 1.11 bits per heavy atom. The standard InChI is InChI=1S/C6H10ClN3O2.C6H6/c1-4(7)9-10(5(2)11)6(12)3-8;1-2-4-6-5-3-1/h3,8H2,1-2H3;1-6H. The number of hydrogen-bond donors (Lipinski definition) is 1. The summed E-state index contributed by atoms with van der Waals surface area (Å²) in [6, 6.07) is 12.0. The molecule has 1 aromatic carbocycles. The minimum atomic E-state index is -0.581. The van der Waals surface area contributed by atoms with Gasteiger partial charge in [-0.25, -0.2) is 0 Å². The average molecular weight is 270 g/mol. The number of rotatable bonds is 2. The van der Waals surface area contributed by atoms with E-state index in [9.17, 15) is 9.59 Å². The molecule has 0 aliphatic rings. The fraction of sp³-hybridized carbons (Fsp3) is 0.250. The zero-order valence-corrected chi connectivity index (χ0v) is 11.1. The number of carbonyl (C=O) groups is 2. The summed E-state index contributed by atoms with van der Waals surface area (Å²) >= 11 is 5.38. The van der Waals surface area contributed by atoms with Crippen LogP contribution in [0.2, 0.25) is 0 Å². The molecule has 0 aliphatic heterocycles. The average Bonchev–Trinajstić information content (AvgIpc) is 2.37. The Morgan fingerprint density at radius 2 is 1.50 bits per heavy atom. The van der Waals surface area contributed by atoms with E-state index in [1.54, 1.807) is 0 Å². The van der Waals surface area contributed by atoms with Crippen LogP contribution in [-0.4, -0.2) is 28.5 Å². The molecule has 6 heteroatoms. The molecule has 98 valence electrons. The van der Waals surface area contributed by atoms with Crippen molar-refractivity contribution in [3.63, 3.8) is 0 Å². The van der Waals surface area contributed by atoms with E-state index >= 15 is 0 Å². The van der Waals surface area contributed by atoms with Gasteiger partial charge in [-0.2, -0.15) is 10.1 Å². The van der Waals surface area contributed by atoms with Crippen LogP contribution in [0.4, 0.5) is 0 Å². The van der Waals surface area contributed by atoms with Crippen LogP contribution in [0.5, 0.6) is 0 Å². The molecule has 0 saturated heterocycles. The number of amides is 2. The number of hydrazone groups is 1. The Bertz CT molecular complexity index is 376. The van der Waals surface area contributed by atoms with E-state index in [4.69, 9.17) is 17.3 Å². The molecule has 5 nitrogen and oxygen atoms in total. The third-order valence-electron chi connectivity index (χ3n) is 1.61. The molecule has 0 spiro atoms. The highest BCUT2D eigenvalue weighted by molar-refractivity contribution is 6.64. The molecule has 0 radical (unpaired) electrons. The fourth-order valence-corrected chi connectivity index (χ4v) is 0.987. The zero-order chi connectivity index (χ0) is 14.0. The summed E-state index contributed by atoms with van der Waals surface area (Å²) in [6.07, 6.45) is 0. The molecule has 0 heterocycles. The van der Waals surface area contributed by atoms with E-state index in [-0.39, 0.29) is 11.7 Å². The highest BCUT2D eigenvalue weighted by Crippen LogP contribution is 1.95. The van der Waals surface area contributed by atoms with E-state index in [1.807, 2.05) is 36.4 Å². The summed E-state index contributed by atoms with van der Waals surface area (Å²) in [6.45, 7) is 2.39. The molecular weight excluding hydrogens is 254 g/mol. The number of carbonyl (C=O) groups excluding carboxylic acids is 2. The van der Waals surface area contributed by atoms with E-state index in [2.05, 4.69) is 5.10 Å². The molecule has 0 aromatic heterocycles. The van der Waals surface area contributed by atoms with Crippen molar-refractivity contribution in [1.82, 2.24) is 5.01 Å². The van der Waals surface area contributed by atoms with Crippen LogP contribution in [0.15, 0.2) is 41.5 Å². The lowest BCUT2D eigenvalue weighted by atomic mass is 10.4. The highest BCUT2D eigenvalue weighted by Gasteiger charge is 2.15. The van der Waals surface area contributed by atoms with Crippen LogP contribution in [0.3, 0.4) is 0 Å². The van der Waals surface area contributed by atoms with Crippen LogP contribution < -0.4 is 5.73 Å². The summed E-state index contributed by atoms with van der Waals surface area (Å²) < 4.78 is 0. The van der Waals surface area contributed by atoms with Crippen molar-refractivity contribution in [2.24, 2.45) is 10.8 Å². The van der Waals surface area contributed by atoms with Crippen molar-refractivity contribution >= 4 is 28.6 Å². The maximum atomic E-state index is 10.9. The van der Waals surface area contributed by atoms with Gasteiger partial charge in [-0.3, -0.25) is 9.59 Å². The highest BCUT2D eigenvalue weighted by atomic mass is 35.5. The second-order valence-corrected chi connectivity index (χ2v) is 3.73. The monoisotopic (exact) mass is 269 g/mol. The SMILES string of the molecule is CC(=O)N(N=C(C)Cl)C(=O)CN.c1ccccc1. The van der Waals surface area contributed by atoms with Gasteiger partial charge in [0.05, 0.1) is 6.54 Å². The first-order valence-electron chi connectivity index (χ1n) is 5.23. The number of hydrogen-bond acceptors (Lipinski definition) is 4. The summed E-state index contributed by atoms with van der Waals surface area (Å²) in [4.78, 5) is 21.7. The van der Waals surface area contributed by atoms with Gasteiger partial charge < -0.3 is 5.73 Å². The molecule has 0 aliphatic carbocycles. The molecule has 0 fully saturated rings. The molecular formula is C12H16ClN3O2. The Labute approximate surface area is 111 Å². The normalized spacial score (nSPS) is 10.1. The first-order valence-corrected chi connectivity index (χ1v) is 5.61. The van der Waals surface area contributed by atoms with Crippen LogP contribution in [0.1, 0.15) is 13.8 Å². The molecule has 0 unspecified atom stereocenters. The number of nitrogens with two attached hydrogens (primary N) is 1. The van der Waals surface area contributed by atoms with Gasteiger partial charge in [-0.05, 0) is 6.92 Å². The zero-order valence-electron chi connectivity index (χ0n) is 10.3. The second-order valence-electron chi connectivity index (χ2n) is 3.18. The fourth-order valence-electron chi connectivity index (χ4n) is 0.911. The predicted octanol–water partition coefficient (Wildman–Crippen LogP) is 1.58. The van der Waals surface area contributed by atoms with Crippen molar-refractivity contribution in [2.75, 3.05) is 6.54 Å². The van der Waals surface area contributed by atoms with Crippen molar-refractivity contribution in [1.29, 1.82) is 0 Å². The number of benzene rings is 1. The summed E-state index contributed by atoms with van der Waals surface area (Å²) in [7, 11) is 0. The molecule has 1 rings (SSSR count). The van der Waals surface area contributed by atoms with Crippen molar-refractivity contribution in [3.8, 4) is 0 Å². The van der Waals surface area contributed by atoms with Gasteiger partial charge in [-0.15, -0.1) is 0 Å². The van der Waals surface area contributed by atoms with Crippen molar-refractivity contribution < 1.29 is 9.59 Å². The minimum Gasteiger partial charge on any atom is -0.322 e. The summed E-state index contributed by atoms with van der Waals surface area (Å²) in [5, 5.41) is 4.23. The van der Waals surface area contributed by atoms with Crippen LogP contribution in [-0.2, 0) is 9.59 Å². The van der Waals surface area contributed by atoms with Gasteiger partial charge in [0.1, 0.15) is 5.17 Å². The third kappa shape index (κ3) is 7.54. The topological polar surface area (TPSA) is 75.8 Å². The Balaban J connectivity index is 0.000000397. The first kappa shape index (κ1) is 16.3. The molecule has 1 aromatic rings. The molecule has 2 amide bonds. The Morgan fingerprint density at radius 3 is 1.72 bits per heavy atom. The van der Waals surface area contributed by atoms with Crippen molar-refractivity contribution in [3.05, 3.63) is 36.4 Å². The maximum Gasteiger partial charge on any atom is 0.263 e. The maximum absolute atomic E-state index is 10.9. The molecule has 18 heavy (non-hydrogen) atoms. The molecule has 0 bridgehead atoms. The van der Waals surface area contributed by atoms with E-state index < -0.39 is 11.8 Å². The number of nitrogens with zero attached hydrogens (tertiary/aromatic N) is 2. The van der Waals surface area contributed by atoms with Gasteiger partial charge in [0.25, 0.3) is 5.91 Å². The van der Waals surface area contributed by atoms with Crippen LogP contribution >= 0.6 is 11.6 Å². The number of halogens is 1. The molecule has 0 saturated carbocycles. The summed E-state index contributed by atoms with van der Waals surface area (Å²) in [5.41, 5.74) is 5.03. The minimum absolute atomic E-state index is 0.104. The van der Waals surface area contributed by atoms with E-state index in [0.29, 0.717) is 5.01 Å². The van der Waals surface area contributed by atoms with E-state index in [0.717, 1.165) is 0 Å². The van der Waals surface area contributed by atoms with Gasteiger partial charge in [0.2, 0.25) is 5.91 Å². The lowest BCUT2D eigenvalue weighted by molar-refractivity contribution is -0.142. The lowest BCUT2D eigenvalue weighted by Crippen LogP contribution is -2.35. The quantitative estimate of drug-likeness (QED) is 0.654. The predicted molar refractivity (Wildman–Crippen MR) is 72.0 cm³/mol. The Hall–Kier alpha value is -1.72. The van der Waals surface area contributed by atoms with E-state index in [1.165, 1.54) is 13.8 Å². The summed E-state index contributed by atoms with van der Waals surface area (Å²) in [5.74, 6) is -1.09. The van der Waals surface area contributed by atoms with Gasteiger partial charge >= 0.3 is 0 Å². The van der Waals surface area contributed by atoms with Crippen LogP contribution in [0, 0.1) is 0 Å². The van der Waals surface area contributed by atoms with Crippen molar-refractivity contribution in [2.45, 2.75) is 13.8 Å². The largest absolute Gasteiger partial charge is 0.322 e. The van der Waals surface area contributed by atoms with Gasteiger partial charge in [0.15, 0.2) is 0 Å². The Kier molecular flexibility index (Phi) is 8.43. The molecule has 0 atom stereocenters. The van der Waals surface area contributed by atoms with Gasteiger partial charge in [-0.1, -0.05) is 48.0 Å². The van der Waals surface area contributed by atoms with Gasteiger partial charge in [0, 0.05) is 6.92 Å². The molecule has 2 N–H and O–H groups in total. The number of imide groups is 1. The lowest BCUT2D eigenvalue weighted by Gasteiger charge is -2.10. The van der Waals surface area contributed by atoms with Crippen LogP contribution in [0.25, 0.3) is 0 Å². The first-order chi connectivity index (χ1) is 8.49.